The average Bonchev–Trinajstić information content (AvgIpc) is 2.72. The van der Waals surface area contributed by atoms with Gasteiger partial charge in [-0.2, -0.15) is 0 Å². The fourth-order valence-electron chi connectivity index (χ4n) is 1.64. The van der Waals surface area contributed by atoms with Crippen molar-refractivity contribution in [2.75, 3.05) is 0 Å². The first kappa shape index (κ1) is 12.2. The van der Waals surface area contributed by atoms with Crippen LogP contribution in [0.4, 0.5) is 4.39 Å². The van der Waals surface area contributed by atoms with Crippen molar-refractivity contribution in [2.24, 2.45) is 7.05 Å². The Kier molecular flexibility index (Phi) is 3.32. The Hall–Kier alpha value is -2.30. The zero-order valence-electron chi connectivity index (χ0n) is 9.85. The van der Waals surface area contributed by atoms with Gasteiger partial charge in [0.05, 0.1) is 12.1 Å². The molecule has 0 saturated heterocycles. The van der Waals surface area contributed by atoms with Crippen molar-refractivity contribution in [3.63, 3.8) is 0 Å². The van der Waals surface area contributed by atoms with E-state index in [4.69, 9.17) is 0 Å². The lowest BCUT2D eigenvalue weighted by Crippen LogP contribution is -2.23. The largest absolute Gasteiger partial charge is 0.507 e. The first-order chi connectivity index (χ1) is 8.58. The third kappa shape index (κ3) is 2.51. The molecule has 5 heteroatoms. The molecule has 94 valence electrons. The monoisotopic (exact) mass is 248 g/mol. The summed E-state index contributed by atoms with van der Waals surface area (Å²) in [6.07, 6.45) is 1.87. The number of amides is 1. The molecule has 4 nitrogen and oxygen atoms in total. The van der Waals surface area contributed by atoms with Crippen LogP contribution >= 0.6 is 0 Å². The summed E-state index contributed by atoms with van der Waals surface area (Å²) in [5, 5.41) is 12.1. The van der Waals surface area contributed by atoms with Gasteiger partial charge in [0.2, 0.25) is 0 Å². The molecule has 1 aromatic heterocycles. The summed E-state index contributed by atoms with van der Waals surface area (Å²) in [4.78, 5) is 11.8. The van der Waals surface area contributed by atoms with Gasteiger partial charge in [0.25, 0.3) is 5.91 Å². The Morgan fingerprint density at radius 3 is 2.83 bits per heavy atom. The van der Waals surface area contributed by atoms with Gasteiger partial charge < -0.3 is 15.0 Å². The first-order valence-corrected chi connectivity index (χ1v) is 5.45. The highest BCUT2D eigenvalue weighted by atomic mass is 19.1. The van der Waals surface area contributed by atoms with Gasteiger partial charge in [-0.25, -0.2) is 4.39 Å². The number of benzene rings is 1. The molecule has 0 aliphatic rings. The number of nitrogens with zero attached hydrogens (tertiary/aromatic N) is 1. The van der Waals surface area contributed by atoms with Crippen LogP contribution in [0.25, 0.3) is 0 Å². The van der Waals surface area contributed by atoms with Crippen molar-refractivity contribution >= 4 is 5.91 Å². The minimum atomic E-state index is -0.577. The average molecular weight is 248 g/mol. The number of carbonyl (C=O) groups is 1. The normalized spacial score (nSPS) is 10.3. The summed E-state index contributed by atoms with van der Waals surface area (Å²) in [5.74, 6) is -1.38. The van der Waals surface area contributed by atoms with E-state index in [1.807, 2.05) is 29.9 Å². The fraction of sp³-hybridized carbons (Fsp3) is 0.154. The van der Waals surface area contributed by atoms with Crippen LogP contribution in [0.1, 0.15) is 16.1 Å². The van der Waals surface area contributed by atoms with Crippen molar-refractivity contribution < 1.29 is 14.3 Å². The topological polar surface area (TPSA) is 54.3 Å². The Morgan fingerprint density at radius 1 is 1.44 bits per heavy atom. The third-order valence-corrected chi connectivity index (χ3v) is 2.69. The second kappa shape index (κ2) is 4.91. The molecule has 0 saturated carbocycles. The second-order valence-electron chi connectivity index (χ2n) is 3.95. The molecule has 0 aliphatic heterocycles. The van der Waals surface area contributed by atoms with E-state index in [9.17, 15) is 14.3 Å². The van der Waals surface area contributed by atoms with Crippen LogP contribution in [0.5, 0.6) is 5.75 Å². The van der Waals surface area contributed by atoms with Gasteiger partial charge in [-0.15, -0.1) is 0 Å². The highest BCUT2D eigenvalue weighted by Gasteiger charge is 2.11. The van der Waals surface area contributed by atoms with E-state index in [0.717, 1.165) is 17.8 Å². The predicted molar refractivity (Wildman–Crippen MR) is 64.6 cm³/mol. The molecule has 0 aliphatic carbocycles. The molecule has 2 N–H and O–H groups in total. The zero-order valence-corrected chi connectivity index (χ0v) is 9.85. The van der Waals surface area contributed by atoms with Gasteiger partial charge in [-0.05, 0) is 24.3 Å². The van der Waals surface area contributed by atoms with E-state index < -0.39 is 11.7 Å². The van der Waals surface area contributed by atoms with Crippen molar-refractivity contribution in [2.45, 2.75) is 6.54 Å². The van der Waals surface area contributed by atoms with E-state index in [2.05, 4.69) is 5.32 Å². The van der Waals surface area contributed by atoms with Gasteiger partial charge in [-0.1, -0.05) is 0 Å². The van der Waals surface area contributed by atoms with Gasteiger partial charge in [0.1, 0.15) is 11.6 Å². The lowest BCUT2D eigenvalue weighted by molar-refractivity contribution is 0.0947. The Labute approximate surface area is 104 Å². The third-order valence-electron chi connectivity index (χ3n) is 2.69. The van der Waals surface area contributed by atoms with E-state index in [1.54, 1.807) is 0 Å². The lowest BCUT2D eigenvalue weighted by atomic mass is 10.2. The number of carbonyl (C=O) groups excluding carboxylic acids is 1. The van der Waals surface area contributed by atoms with E-state index in [-0.39, 0.29) is 11.3 Å². The highest BCUT2D eigenvalue weighted by molar-refractivity contribution is 5.96. The standard InChI is InChI=1S/C13H13FN2O2/c1-16-6-2-3-10(16)8-15-13(18)11-5-4-9(14)7-12(11)17/h2-7,17H,8H2,1H3,(H,15,18). The molecule has 0 fully saturated rings. The maximum Gasteiger partial charge on any atom is 0.255 e. The number of nitrogens with one attached hydrogen (secondary N) is 1. The molecule has 0 spiro atoms. The summed E-state index contributed by atoms with van der Waals surface area (Å²) in [7, 11) is 1.87. The molecule has 0 radical (unpaired) electrons. The SMILES string of the molecule is Cn1cccc1CNC(=O)c1ccc(F)cc1O. The van der Waals surface area contributed by atoms with Crippen molar-refractivity contribution in [3.8, 4) is 5.75 Å². The second-order valence-corrected chi connectivity index (χ2v) is 3.95. The maximum atomic E-state index is 12.8. The van der Waals surface area contributed by atoms with Crippen LogP contribution in [0.2, 0.25) is 0 Å². The molecule has 18 heavy (non-hydrogen) atoms. The number of phenols is 1. The molecular weight excluding hydrogens is 235 g/mol. The van der Waals surface area contributed by atoms with Crippen LogP contribution < -0.4 is 5.32 Å². The van der Waals surface area contributed by atoms with Gasteiger partial charge in [0.15, 0.2) is 0 Å². The number of aryl methyl sites for hydroxylation is 1. The van der Waals surface area contributed by atoms with Crippen LogP contribution in [0, 0.1) is 5.82 Å². The quantitative estimate of drug-likeness (QED) is 0.870. The summed E-state index contributed by atoms with van der Waals surface area (Å²) in [6.45, 7) is 0.346. The number of rotatable bonds is 3. The minimum absolute atomic E-state index is 0.0607. The number of hydrogen-bond donors (Lipinski definition) is 2. The molecule has 1 heterocycles. The molecule has 2 rings (SSSR count). The lowest BCUT2D eigenvalue weighted by Gasteiger charge is -2.07. The fourth-order valence-corrected chi connectivity index (χ4v) is 1.64. The van der Waals surface area contributed by atoms with E-state index >= 15 is 0 Å². The Morgan fingerprint density at radius 2 is 2.22 bits per heavy atom. The molecule has 1 aromatic carbocycles. The van der Waals surface area contributed by atoms with Crippen molar-refractivity contribution in [3.05, 3.63) is 53.6 Å². The summed E-state index contributed by atoms with van der Waals surface area (Å²) in [6, 6.07) is 7.06. The first-order valence-electron chi connectivity index (χ1n) is 5.45. The predicted octanol–water partition coefficient (Wildman–Crippen LogP) is 1.80. The number of aromatic nitrogens is 1. The maximum absolute atomic E-state index is 12.8. The van der Waals surface area contributed by atoms with Crippen molar-refractivity contribution in [1.29, 1.82) is 0 Å². The molecule has 0 unspecified atom stereocenters. The summed E-state index contributed by atoms with van der Waals surface area (Å²) >= 11 is 0. The van der Waals surface area contributed by atoms with Crippen LogP contribution in [-0.2, 0) is 13.6 Å². The number of aromatic hydroxyl groups is 1. The highest BCUT2D eigenvalue weighted by Crippen LogP contribution is 2.17. The van der Waals surface area contributed by atoms with Crippen LogP contribution in [-0.4, -0.2) is 15.6 Å². The molecule has 0 atom stereocenters. The Balaban J connectivity index is 2.06. The minimum Gasteiger partial charge on any atom is -0.507 e. The van der Waals surface area contributed by atoms with Crippen LogP contribution in [0.15, 0.2) is 36.5 Å². The van der Waals surface area contributed by atoms with Gasteiger partial charge in [0, 0.05) is 25.0 Å². The van der Waals surface area contributed by atoms with Gasteiger partial charge >= 0.3 is 0 Å². The van der Waals surface area contributed by atoms with Crippen molar-refractivity contribution in [1.82, 2.24) is 9.88 Å². The summed E-state index contributed by atoms with van der Waals surface area (Å²) in [5.41, 5.74) is 0.996. The van der Waals surface area contributed by atoms with E-state index in [0.29, 0.717) is 6.54 Å². The smallest absolute Gasteiger partial charge is 0.255 e. The molecule has 2 aromatic rings. The number of hydrogen-bond acceptors (Lipinski definition) is 2. The summed E-state index contributed by atoms with van der Waals surface area (Å²) < 4.78 is 14.7. The van der Waals surface area contributed by atoms with Crippen LogP contribution in [0.3, 0.4) is 0 Å². The molecule has 0 bridgehead atoms. The molecular formula is C13H13FN2O2. The van der Waals surface area contributed by atoms with Gasteiger partial charge in [-0.3, -0.25) is 4.79 Å². The number of phenolic OH excluding ortho intramolecular Hbond substituents is 1. The number of halogens is 1. The Bertz CT molecular complexity index is 578. The zero-order chi connectivity index (χ0) is 13.1. The molecule has 1 amide bonds. The van der Waals surface area contributed by atoms with E-state index in [1.165, 1.54) is 6.07 Å².